The van der Waals surface area contributed by atoms with Crippen molar-refractivity contribution in [2.45, 2.75) is 6.42 Å². The first-order chi connectivity index (χ1) is 11.5. The summed E-state index contributed by atoms with van der Waals surface area (Å²) in [5.41, 5.74) is 4.66. The second-order valence-corrected chi connectivity index (χ2v) is 7.07. The van der Waals surface area contributed by atoms with Gasteiger partial charge >= 0.3 is 0 Å². The quantitative estimate of drug-likeness (QED) is 0.800. The van der Waals surface area contributed by atoms with Gasteiger partial charge in [-0.15, -0.1) is 0 Å². The van der Waals surface area contributed by atoms with Crippen LogP contribution in [-0.4, -0.2) is 62.8 Å². The molecule has 3 rings (SSSR count). The molecule has 1 fully saturated rings. The van der Waals surface area contributed by atoms with Crippen molar-refractivity contribution in [1.29, 1.82) is 5.26 Å². The maximum Gasteiger partial charge on any atom is 0.0914 e. The van der Waals surface area contributed by atoms with Gasteiger partial charge in [0.1, 0.15) is 0 Å². The lowest BCUT2D eigenvalue weighted by molar-refractivity contribution is 0.365. The summed E-state index contributed by atoms with van der Waals surface area (Å²) in [7, 11) is 6.32. The number of rotatable bonds is 4. The Balaban J connectivity index is 1.98. The predicted octanol–water partition coefficient (Wildman–Crippen LogP) is 1.70. The van der Waals surface area contributed by atoms with E-state index in [0.717, 1.165) is 43.9 Å². The van der Waals surface area contributed by atoms with Crippen LogP contribution in [0, 0.1) is 16.7 Å². The number of nitrogens with zero attached hydrogens (tertiary/aromatic N) is 4. The van der Waals surface area contributed by atoms with Gasteiger partial charge in [0.25, 0.3) is 0 Å². The van der Waals surface area contributed by atoms with Gasteiger partial charge in [-0.1, -0.05) is 6.08 Å². The Morgan fingerprint density at radius 1 is 1.42 bits per heavy atom. The van der Waals surface area contributed by atoms with Crippen molar-refractivity contribution >= 4 is 5.71 Å². The first-order valence-corrected chi connectivity index (χ1v) is 8.37. The van der Waals surface area contributed by atoms with E-state index in [1.807, 2.05) is 12.3 Å². The molecule has 0 radical (unpaired) electrons. The number of nitrogens with one attached hydrogen (secondary N) is 1. The van der Waals surface area contributed by atoms with Gasteiger partial charge in [0.2, 0.25) is 0 Å². The van der Waals surface area contributed by atoms with Crippen molar-refractivity contribution in [3.63, 3.8) is 0 Å². The first-order valence-electron chi connectivity index (χ1n) is 8.37. The Morgan fingerprint density at radius 3 is 3.00 bits per heavy atom. The Labute approximate surface area is 144 Å². The second-order valence-electron chi connectivity index (χ2n) is 7.07. The average molecular weight is 323 g/mol. The molecular weight excluding hydrogens is 298 g/mol. The van der Waals surface area contributed by atoms with Crippen LogP contribution in [0.3, 0.4) is 0 Å². The highest BCUT2D eigenvalue weighted by Gasteiger charge is 2.47. The van der Waals surface area contributed by atoms with E-state index in [2.05, 4.69) is 54.5 Å². The molecular formula is C19H25N5. The lowest BCUT2D eigenvalue weighted by Crippen LogP contribution is -2.37. The summed E-state index contributed by atoms with van der Waals surface area (Å²) in [5, 5.41) is 12.6. The molecule has 2 heterocycles. The molecule has 5 heteroatoms. The molecule has 0 bridgehead atoms. The minimum atomic E-state index is -0.115. The van der Waals surface area contributed by atoms with Gasteiger partial charge in [-0.05, 0) is 50.9 Å². The molecule has 5 nitrogen and oxygen atoms in total. The summed E-state index contributed by atoms with van der Waals surface area (Å²) in [6.07, 6.45) is 10.6. The van der Waals surface area contributed by atoms with Gasteiger partial charge in [-0.25, -0.2) is 0 Å². The van der Waals surface area contributed by atoms with E-state index in [-0.39, 0.29) is 5.41 Å². The van der Waals surface area contributed by atoms with Crippen molar-refractivity contribution in [3.8, 4) is 6.07 Å². The summed E-state index contributed by atoms with van der Waals surface area (Å²) in [5.74, 6) is 0. The highest BCUT2D eigenvalue weighted by atomic mass is 15.1. The maximum atomic E-state index is 9.04. The van der Waals surface area contributed by atoms with Crippen LogP contribution in [0.15, 0.2) is 52.3 Å². The summed E-state index contributed by atoms with van der Waals surface area (Å²) >= 11 is 0. The van der Waals surface area contributed by atoms with Crippen molar-refractivity contribution in [2.24, 2.45) is 10.4 Å². The molecule has 126 valence electrons. The number of nitriles is 1. The minimum absolute atomic E-state index is 0.115. The fourth-order valence-electron chi connectivity index (χ4n) is 3.84. The number of allylic oxidation sites excluding steroid dienone is 5. The van der Waals surface area contributed by atoms with Gasteiger partial charge in [0.05, 0.1) is 17.2 Å². The highest BCUT2D eigenvalue weighted by Crippen LogP contribution is 2.46. The van der Waals surface area contributed by atoms with Crippen LogP contribution >= 0.6 is 0 Å². The van der Waals surface area contributed by atoms with E-state index in [0.29, 0.717) is 0 Å². The fraction of sp³-hybridized carbons (Fsp3) is 0.474. The molecule has 0 saturated carbocycles. The molecule has 0 aromatic rings. The standard InChI is InChI=1S/C19H25N5/c1-23(2)11-10-21-17-7-9-22-18-5-4-15(6-8-20)12-19(18)14-24(3)13-16(17)19/h4-7,9,21H,10-14H2,1-3H3. The van der Waals surface area contributed by atoms with Crippen molar-refractivity contribution in [1.82, 2.24) is 15.1 Å². The zero-order valence-electron chi connectivity index (χ0n) is 14.7. The molecule has 24 heavy (non-hydrogen) atoms. The molecule has 0 aromatic heterocycles. The molecule has 1 atom stereocenters. The van der Waals surface area contributed by atoms with Gasteiger partial charge < -0.3 is 15.1 Å². The van der Waals surface area contributed by atoms with E-state index < -0.39 is 0 Å². The molecule has 1 aliphatic carbocycles. The average Bonchev–Trinajstić information content (AvgIpc) is 2.77. The van der Waals surface area contributed by atoms with Crippen LogP contribution in [0.1, 0.15) is 6.42 Å². The second kappa shape index (κ2) is 6.76. The number of aliphatic imine (C=N–C) groups is 1. The number of hydrogen-bond acceptors (Lipinski definition) is 5. The van der Waals surface area contributed by atoms with Crippen LogP contribution < -0.4 is 5.32 Å². The fourth-order valence-corrected chi connectivity index (χ4v) is 3.84. The summed E-state index contributed by atoms with van der Waals surface area (Å²) in [6.45, 7) is 3.76. The third-order valence-corrected chi connectivity index (χ3v) is 4.90. The largest absolute Gasteiger partial charge is 0.384 e. The summed E-state index contributed by atoms with van der Waals surface area (Å²) in [4.78, 5) is 9.24. The van der Waals surface area contributed by atoms with Crippen LogP contribution in [0.5, 0.6) is 0 Å². The van der Waals surface area contributed by atoms with E-state index in [1.54, 1.807) is 6.08 Å². The minimum Gasteiger partial charge on any atom is -0.384 e. The molecule has 1 saturated heterocycles. The topological polar surface area (TPSA) is 54.7 Å². The third kappa shape index (κ3) is 3.08. The lowest BCUT2D eigenvalue weighted by Gasteiger charge is -2.34. The van der Waals surface area contributed by atoms with E-state index in [1.165, 1.54) is 11.3 Å². The van der Waals surface area contributed by atoms with Crippen molar-refractivity contribution in [3.05, 3.63) is 47.3 Å². The Kier molecular flexibility index (Phi) is 4.70. The zero-order chi connectivity index (χ0) is 17.2. The van der Waals surface area contributed by atoms with E-state index in [9.17, 15) is 0 Å². The van der Waals surface area contributed by atoms with Crippen LogP contribution in [0.2, 0.25) is 0 Å². The molecule has 0 aromatic carbocycles. The van der Waals surface area contributed by atoms with Crippen molar-refractivity contribution in [2.75, 3.05) is 47.3 Å². The Morgan fingerprint density at radius 2 is 2.25 bits per heavy atom. The highest BCUT2D eigenvalue weighted by molar-refractivity contribution is 6.05. The van der Waals surface area contributed by atoms with Gasteiger partial charge in [-0.2, -0.15) is 5.26 Å². The van der Waals surface area contributed by atoms with E-state index >= 15 is 0 Å². The normalized spacial score (nSPS) is 27.8. The van der Waals surface area contributed by atoms with Crippen molar-refractivity contribution < 1.29 is 0 Å². The van der Waals surface area contributed by atoms with Gasteiger partial charge in [-0.3, -0.25) is 4.99 Å². The molecule has 1 unspecified atom stereocenters. The first kappa shape index (κ1) is 16.7. The zero-order valence-corrected chi connectivity index (χ0v) is 14.7. The number of likely N-dealkylation sites (tertiary alicyclic amines) is 1. The lowest BCUT2D eigenvalue weighted by atomic mass is 9.69. The summed E-state index contributed by atoms with van der Waals surface area (Å²) in [6, 6.07) is 2.17. The monoisotopic (exact) mass is 323 g/mol. The van der Waals surface area contributed by atoms with Crippen LogP contribution in [0.4, 0.5) is 0 Å². The molecule has 3 aliphatic rings. The molecule has 1 spiro atoms. The van der Waals surface area contributed by atoms with Gasteiger partial charge in [0.15, 0.2) is 0 Å². The molecule has 2 aliphatic heterocycles. The van der Waals surface area contributed by atoms with E-state index in [4.69, 9.17) is 10.3 Å². The SMILES string of the molecule is CN(C)CCNC1=C2CN(C)CC23CC(=CC#N)C=CC3=NC=C1. The predicted molar refractivity (Wildman–Crippen MR) is 97.5 cm³/mol. The summed E-state index contributed by atoms with van der Waals surface area (Å²) < 4.78 is 0. The third-order valence-electron chi connectivity index (χ3n) is 4.90. The molecule has 0 amide bonds. The smallest absolute Gasteiger partial charge is 0.0914 e. The molecule has 1 N–H and O–H groups in total. The van der Waals surface area contributed by atoms with Crippen LogP contribution in [0.25, 0.3) is 0 Å². The number of likely N-dealkylation sites (N-methyl/N-ethyl adjacent to an activating group) is 2. The van der Waals surface area contributed by atoms with Crippen LogP contribution in [-0.2, 0) is 0 Å². The number of hydrogen-bond donors (Lipinski definition) is 1. The van der Waals surface area contributed by atoms with Gasteiger partial charge in [0, 0.05) is 44.2 Å². The maximum absolute atomic E-state index is 9.04. The Bertz CT molecular complexity index is 702. The Hall–Kier alpha value is -2.16.